The Morgan fingerprint density at radius 3 is 2.77 bits per heavy atom. The van der Waals surface area contributed by atoms with E-state index >= 15 is 0 Å². The van der Waals surface area contributed by atoms with Crippen molar-refractivity contribution in [2.75, 3.05) is 32.7 Å². The summed E-state index contributed by atoms with van der Waals surface area (Å²) in [5.74, 6) is 3.39. The summed E-state index contributed by atoms with van der Waals surface area (Å²) in [5, 5.41) is 15.2. The van der Waals surface area contributed by atoms with Crippen molar-refractivity contribution >= 4 is 5.96 Å². The monoisotopic (exact) mass is 415 g/mol. The van der Waals surface area contributed by atoms with Gasteiger partial charge >= 0.3 is 0 Å². The SMILES string of the molecule is CCc1nncn1CCNC(=NCC(C)C)NCC(c1ccco1)N1CCCCC1. The number of hydrogen-bond donors (Lipinski definition) is 2. The molecule has 0 spiro atoms. The minimum absolute atomic E-state index is 0.218. The van der Waals surface area contributed by atoms with Gasteiger partial charge in [0.1, 0.15) is 17.9 Å². The van der Waals surface area contributed by atoms with Gasteiger partial charge in [0.25, 0.3) is 0 Å². The summed E-state index contributed by atoms with van der Waals surface area (Å²) >= 11 is 0. The van der Waals surface area contributed by atoms with Crippen LogP contribution in [0.15, 0.2) is 34.1 Å². The number of nitrogens with one attached hydrogen (secondary N) is 2. The highest BCUT2D eigenvalue weighted by Crippen LogP contribution is 2.24. The van der Waals surface area contributed by atoms with Gasteiger partial charge in [-0.05, 0) is 44.0 Å². The first-order chi connectivity index (χ1) is 14.7. The van der Waals surface area contributed by atoms with Gasteiger partial charge in [0, 0.05) is 32.6 Å². The van der Waals surface area contributed by atoms with Crippen LogP contribution in [0.3, 0.4) is 0 Å². The van der Waals surface area contributed by atoms with E-state index in [-0.39, 0.29) is 6.04 Å². The van der Waals surface area contributed by atoms with Gasteiger partial charge in [-0.25, -0.2) is 0 Å². The van der Waals surface area contributed by atoms with E-state index in [0.717, 1.165) is 63.2 Å². The third kappa shape index (κ3) is 6.58. The van der Waals surface area contributed by atoms with E-state index in [1.165, 1.54) is 19.3 Å². The van der Waals surface area contributed by atoms with E-state index < -0.39 is 0 Å². The van der Waals surface area contributed by atoms with Gasteiger partial charge in [-0.2, -0.15) is 0 Å². The molecular weight excluding hydrogens is 378 g/mol. The van der Waals surface area contributed by atoms with Crippen LogP contribution >= 0.6 is 0 Å². The highest BCUT2D eigenvalue weighted by Gasteiger charge is 2.24. The van der Waals surface area contributed by atoms with E-state index in [1.807, 2.05) is 6.07 Å². The Labute approximate surface area is 180 Å². The molecule has 166 valence electrons. The molecule has 0 amide bonds. The van der Waals surface area contributed by atoms with E-state index in [0.29, 0.717) is 5.92 Å². The molecule has 0 aromatic carbocycles. The molecule has 0 radical (unpaired) electrons. The van der Waals surface area contributed by atoms with Crippen molar-refractivity contribution in [1.82, 2.24) is 30.3 Å². The molecule has 1 unspecified atom stereocenters. The zero-order valence-corrected chi connectivity index (χ0v) is 18.7. The first kappa shape index (κ1) is 22.3. The van der Waals surface area contributed by atoms with Crippen LogP contribution < -0.4 is 10.6 Å². The maximum Gasteiger partial charge on any atom is 0.191 e. The van der Waals surface area contributed by atoms with E-state index in [1.54, 1.807) is 12.6 Å². The molecule has 0 saturated carbocycles. The number of aliphatic imine (C=N–C) groups is 1. The van der Waals surface area contributed by atoms with Crippen LogP contribution in [0.4, 0.5) is 0 Å². The van der Waals surface area contributed by atoms with Crippen LogP contribution in [-0.4, -0.2) is 58.3 Å². The molecule has 8 heteroatoms. The lowest BCUT2D eigenvalue weighted by Crippen LogP contribution is -2.45. The van der Waals surface area contributed by atoms with Gasteiger partial charge in [0.05, 0.1) is 12.3 Å². The largest absolute Gasteiger partial charge is 0.468 e. The summed E-state index contributed by atoms with van der Waals surface area (Å²) in [4.78, 5) is 7.32. The molecule has 1 fully saturated rings. The summed E-state index contributed by atoms with van der Waals surface area (Å²) < 4.78 is 7.87. The average molecular weight is 416 g/mol. The Kier molecular flexibility index (Phi) is 8.74. The number of aromatic nitrogens is 3. The lowest BCUT2D eigenvalue weighted by molar-refractivity contribution is 0.146. The van der Waals surface area contributed by atoms with Gasteiger partial charge in [0.15, 0.2) is 5.96 Å². The fourth-order valence-corrected chi connectivity index (χ4v) is 3.80. The van der Waals surface area contributed by atoms with E-state index in [9.17, 15) is 0 Å². The number of hydrogen-bond acceptors (Lipinski definition) is 5. The summed E-state index contributed by atoms with van der Waals surface area (Å²) in [6, 6.07) is 4.27. The van der Waals surface area contributed by atoms with Crippen LogP contribution in [0.25, 0.3) is 0 Å². The molecule has 2 N–H and O–H groups in total. The maximum atomic E-state index is 5.78. The molecule has 1 saturated heterocycles. The second kappa shape index (κ2) is 11.7. The van der Waals surface area contributed by atoms with Crippen LogP contribution in [0.1, 0.15) is 57.7 Å². The fourth-order valence-electron chi connectivity index (χ4n) is 3.80. The molecule has 2 aromatic heterocycles. The lowest BCUT2D eigenvalue weighted by atomic mass is 10.1. The topological polar surface area (TPSA) is 83.5 Å². The molecule has 2 aromatic rings. The molecule has 1 atom stereocenters. The Morgan fingerprint density at radius 1 is 1.23 bits per heavy atom. The van der Waals surface area contributed by atoms with Crippen molar-refractivity contribution in [3.05, 3.63) is 36.3 Å². The van der Waals surface area contributed by atoms with Crippen molar-refractivity contribution in [2.24, 2.45) is 10.9 Å². The number of furan rings is 1. The van der Waals surface area contributed by atoms with E-state index in [2.05, 4.69) is 57.1 Å². The third-order valence-corrected chi connectivity index (χ3v) is 5.44. The smallest absolute Gasteiger partial charge is 0.191 e. The molecule has 0 aliphatic carbocycles. The lowest BCUT2D eigenvalue weighted by Gasteiger charge is -2.33. The Bertz CT molecular complexity index is 747. The Morgan fingerprint density at radius 2 is 2.07 bits per heavy atom. The number of piperidine rings is 1. The predicted octanol–water partition coefficient (Wildman–Crippen LogP) is 2.85. The first-order valence-electron chi connectivity index (χ1n) is 11.3. The van der Waals surface area contributed by atoms with E-state index in [4.69, 9.17) is 9.41 Å². The van der Waals surface area contributed by atoms with Crippen molar-refractivity contribution in [3.63, 3.8) is 0 Å². The molecule has 3 rings (SSSR count). The van der Waals surface area contributed by atoms with Gasteiger partial charge in [-0.15, -0.1) is 10.2 Å². The maximum absolute atomic E-state index is 5.78. The van der Waals surface area contributed by atoms with Crippen molar-refractivity contribution in [1.29, 1.82) is 0 Å². The first-order valence-corrected chi connectivity index (χ1v) is 11.3. The molecular formula is C22H37N7O. The predicted molar refractivity (Wildman–Crippen MR) is 119 cm³/mol. The molecule has 3 heterocycles. The van der Waals surface area contributed by atoms with Gasteiger partial charge < -0.3 is 19.6 Å². The molecule has 0 bridgehead atoms. The summed E-state index contributed by atoms with van der Waals surface area (Å²) in [6.07, 6.45) is 8.27. The number of nitrogens with zero attached hydrogens (tertiary/aromatic N) is 5. The van der Waals surface area contributed by atoms with Gasteiger partial charge in [0.2, 0.25) is 0 Å². The molecule has 8 nitrogen and oxygen atoms in total. The Balaban J connectivity index is 1.60. The van der Waals surface area contributed by atoms with Crippen LogP contribution in [-0.2, 0) is 13.0 Å². The van der Waals surface area contributed by atoms with Crippen LogP contribution in [0, 0.1) is 5.92 Å². The Hall–Kier alpha value is -2.35. The van der Waals surface area contributed by atoms with Crippen molar-refractivity contribution < 1.29 is 4.42 Å². The van der Waals surface area contributed by atoms with Gasteiger partial charge in [-0.3, -0.25) is 9.89 Å². The summed E-state index contributed by atoms with van der Waals surface area (Å²) in [6.45, 7) is 11.8. The minimum atomic E-state index is 0.218. The minimum Gasteiger partial charge on any atom is -0.468 e. The third-order valence-electron chi connectivity index (χ3n) is 5.44. The number of aryl methyl sites for hydroxylation is 1. The molecule has 1 aliphatic rings. The number of likely N-dealkylation sites (tertiary alicyclic amines) is 1. The second-order valence-electron chi connectivity index (χ2n) is 8.31. The van der Waals surface area contributed by atoms with Crippen LogP contribution in [0.2, 0.25) is 0 Å². The highest BCUT2D eigenvalue weighted by atomic mass is 16.3. The van der Waals surface area contributed by atoms with Crippen molar-refractivity contribution in [2.45, 2.75) is 59.0 Å². The zero-order valence-electron chi connectivity index (χ0n) is 18.7. The standard InChI is InChI=1S/C22H37N7O/c1-4-21-27-26-17-29(21)13-10-23-22(24-15-18(2)3)25-16-19(20-9-8-14-30-20)28-11-6-5-7-12-28/h8-9,14,17-19H,4-7,10-13,15-16H2,1-3H3,(H2,23,24,25). The van der Waals surface area contributed by atoms with Crippen LogP contribution in [0.5, 0.6) is 0 Å². The normalized spacial score (nSPS) is 16.7. The van der Waals surface area contributed by atoms with Gasteiger partial charge in [-0.1, -0.05) is 27.2 Å². The summed E-state index contributed by atoms with van der Waals surface area (Å²) in [5.41, 5.74) is 0. The zero-order chi connectivity index (χ0) is 21.2. The molecule has 1 aliphatic heterocycles. The number of rotatable bonds is 10. The quantitative estimate of drug-likeness (QED) is 0.459. The summed E-state index contributed by atoms with van der Waals surface area (Å²) in [7, 11) is 0. The average Bonchev–Trinajstić information content (AvgIpc) is 3.44. The highest BCUT2D eigenvalue weighted by molar-refractivity contribution is 5.79. The number of guanidine groups is 1. The fraction of sp³-hybridized carbons (Fsp3) is 0.682. The second-order valence-corrected chi connectivity index (χ2v) is 8.31. The molecule has 30 heavy (non-hydrogen) atoms. The van der Waals surface area contributed by atoms with Crippen molar-refractivity contribution in [3.8, 4) is 0 Å².